The molecule has 0 aliphatic heterocycles. The summed E-state index contributed by atoms with van der Waals surface area (Å²) in [6.07, 6.45) is 45.6. The van der Waals surface area contributed by atoms with Gasteiger partial charge >= 0.3 is 25.7 Å². The van der Waals surface area contributed by atoms with Crippen molar-refractivity contribution in [3.8, 4) is 0 Å². The van der Waals surface area contributed by atoms with Gasteiger partial charge in [0.25, 0.3) is 0 Å². The fourth-order valence-electron chi connectivity index (χ4n) is 5.20. The molecule has 1 unspecified atom stereocenters. The number of phosphoric ester groups is 1. The lowest BCUT2D eigenvalue weighted by atomic mass is 10.1. The zero-order valence-electron chi connectivity index (χ0n) is 35.9. The Morgan fingerprint density at radius 2 is 1.07 bits per heavy atom. The van der Waals surface area contributed by atoms with Crippen LogP contribution in [0.3, 0.4) is 0 Å². The van der Waals surface area contributed by atoms with Crippen molar-refractivity contribution in [3.63, 3.8) is 0 Å². The van der Waals surface area contributed by atoms with E-state index in [1.807, 2.05) is 24.3 Å². The van der Waals surface area contributed by atoms with Crippen molar-refractivity contribution >= 4 is 25.7 Å². The number of aliphatic carboxylic acids is 1. The van der Waals surface area contributed by atoms with Gasteiger partial charge in [-0.1, -0.05) is 137 Å². The van der Waals surface area contributed by atoms with E-state index in [-0.39, 0.29) is 18.9 Å². The van der Waals surface area contributed by atoms with Gasteiger partial charge in [0, 0.05) is 12.8 Å². The maximum atomic E-state index is 12.6. The van der Waals surface area contributed by atoms with E-state index in [1.165, 1.54) is 19.3 Å². The van der Waals surface area contributed by atoms with E-state index in [4.69, 9.17) is 24.8 Å². The Hall–Kier alpha value is -3.38. The molecule has 0 fully saturated rings. The predicted molar refractivity (Wildman–Crippen MR) is 236 cm³/mol. The summed E-state index contributed by atoms with van der Waals surface area (Å²) in [7, 11) is -4.75. The lowest BCUT2D eigenvalue weighted by molar-refractivity contribution is -0.161. The van der Waals surface area contributed by atoms with Gasteiger partial charge in [0.2, 0.25) is 0 Å². The van der Waals surface area contributed by atoms with Crippen LogP contribution < -0.4 is 5.73 Å². The lowest BCUT2D eigenvalue weighted by Crippen LogP contribution is -2.34. The second kappa shape index (κ2) is 40.0. The van der Waals surface area contributed by atoms with E-state index >= 15 is 0 Å². The molecular weight excluding hydrogens is 773 g/mol. The maximum absolute atomic E-state index is 12.6. The number of carboxylic acid groups (broad SMARTS) is 1. The van der Waals surface area contributed by atoms with E-state index < -0.39 is 57.7 Å². The molecule has 0 aromatic carbocycles. The third kappa shape index (κ3) is 39.8. The quantitative estimate of drug-likeness (QED) is 0.0198. The number of allylic oxidation sites excluding steroid dienone is 13. The Balaban J connectivity index is 4.55. The van der Waals surface area contributed by atoms with Crippen LogP contribution in [0.4, 0.5) is 0 Å². The summed E-state index contributed by atoms with van der Waals surface area (Å²) in [5.41, 5.74) is 5.32. The molecule has 0 bridgehead atoms. The van der Waals surface area contributed by atoms with Gasteiger partial charge in [-0.25, -0.2) is 4.57 Å². The molecule has 0 saturated carbocycles. The topological polar surface area (TPSA) is 192 Å². The molecule has 5 N–H and O–H groups in total. The van der Waals surface area contributed by atoms with Crippen LogP contribution in [-0.2, 0) is 37.5 Å². The second-order valence-corrected chi connectivity index (χ2v) is 15.7. The third-order valence-electron chi connectivity index (χ3n) is 8.69. The Labute approximate surface area is 355 Å². The minimum absolute atomic E-state index is 0.0585. The standard InChI is InChI=1S/C46H76NO11P/c1-3-5-7-8-9-10-11-12-13-14-15-16-20-23-26-29-32-36-44(49)55-38-42(39-56-59(53,54)57-40-43(47)46(51)52)58-45(50)37-33-30-27-24-21-18-17-19-22-25-28-31-35-41(48)34-6-4-2/h9-10,12-13,15-18,22,24-25,27,31,35,41-43,48H,3-8,11,14,19-21,23,26,28-30,32-34,36-40,47H2,1-2H3,(H,51,52)(H,53,54)/b10-9-,13-12-,16-15-,18-17-,25-22-,27-24-,35-31-/t41-,42-,43+/m1/s1. The molecule has 12 nitrogen and oxygen atoms in total. The molecule has 0 aromatic rings. The summed E-state index contributed by atoms with van der Waals surface area (Å²) in [6.45, 7) is 2.51. The number of hydrogen-bond acceptors (Lipinski definition) is 10. The molecule has 0 heterocycles. The number of hydrogen-bond donors (Lipinski definition) is 4. The number of carboxylic acids is 1. The first-order valence-electron chi connectivity index (χ1n) is 21.7. The highest BCUT2D eigenvalue weighted by atomic mass is 31.2. The largest absolute Gasteiger partial charge is 0.480 e. The SMILES string of the molecule is CCCCC/C=C\C/C=C\C/C=C\CCCCCCC(=O)OC[C@H](COP(=O)(O)OC[C@H](N)C(=O)O)OC(=O)CCC/C=C\C/C=C\C/C=C\C/C=C\[C@H](O)CCCC. The van der Waals surface area contributed by atoms with Gasteiger partial charge in [-0.3, -0.25) is 23.4 Å². The highest BCUT2D eigenvalue weighted by molar-refractivity contribution is 7.47. The van der Waals surface area contributed by atoms with Gasteiger partial charge in [0.05, 0.1) is 19.3 Å². The van der Waals surface area contributed by atoms with Gasteiger partial charge in [-0.15, -0.1) is 0 Å². The first-order valence-corrected chi connectivity index (χ1v) is 23.2. The van der Waals surface area contributed by atoms with Gasteiger partial charge in [0.1, 0.15) is 12.6 Å². The molecule has 4 atom stereocenters. The Morgan fingerprint density at radius 3 is 1.63 bits per heavy atom. The number of rotatable bonds is 39. The number of ether oxygens (including phenoxy) is 2. The van der Waals surface area contributed by atoms with E-state index in [0.717, 1.165) is 83.5 Å². The summed E-state index contributed by atoms with van der Waals surface area (Å²) >= 11 is 0. The van der Waals surface area contributed by atoms with Gasteiger partial charge in [-0.05, 0) is 83.5 Å². The summed E-state index contributed by atoms with van der Waals surface area (Å²) in [5, 5.41) is 18.7. The van der Waals surface area contributed by atoms with Crippen molar-refractivity contribution in [2.24, 2.45) is 5.73 Å². The van der Waals surface area contributed by atoms with Crippen LogP contribution in [0.15, 0.2) is 85.1 Å². The summed E-state index contributed by atoms with van der Waals surface area (Å²) in [5.74, 6) is -2.52. The highest BCUT2D eigenvalue weighted by Crippen LogP contribution is 2.43. The van der Waals surface area contributed by atoms with Gasteiger partial charge in [-0.2, -0.15) is 0 Å². The van der Waals surface area contributed by atoms with Crippen molar-refractivity contribution in [1.29, 1.82) is 0 Å². The average Bonchev–Trinajstić information content (AvgIpc) is 3.21. The zero-order chi connectivity index (χ0) is 43.7. The molecule has 0 rings (SSSR count). The fourth-order valence-corrected chi connectivity index (χ4v) is 5.98. The van der Waals surface area contributed by atoms with E-state index in [9.17, 15) is 28.9 Å². The van der Waals surface area contributed by atoms with Crippen molar-refractivity contribution in [2.75, 3.05) is 19.8 Å². The molecule has 0 saturated heterocycles. The van der Waals surface area contributed by atoms with Crippen molar-refractivity contribution in [2.45, 2.75) is 167 Å². The zero-order valence-corrected chi connectivity index (χ0v) is 36.8. The molecule has 0 amide bonds. The summed E-state index contributed by atoms with van der Waals surface area (Å²) < 4.78 is 32.6. The van der Waals surface area contributed by atoms with Crippen molar-refractivity contribution < 1.29 is 52.6 Å². The molecule has 0 spiro atoms. The number of esters is 2. The average molecular weight is 850 g/mol. The van der Waals surface area contributed by atoms with Crippen LogP contribution in [0.25, 0.3) is 0 Å². The highest BCUT2D eigenvalue weighted by Gasteiger charge is 2.28. The van der Waals surface area contributed by atoms with E-state index in [1.54, 1.807) is 0 Å². The van der Waals surface area contributed by atoms with E-state index in [0.29, 0.717) is 19.3 Å². The predicted octanol–water partition coefficient (Wildman–Crippen LogP) is 10.5. The van der Waals surface area contributed by atoms with Gasteiger partial charge in [0.15, 0.2) is 6.10 Å². The monoisotopic (exact) mass is 850 g/mol. The molecule has 0 aliphatic carbocycles. The van der Waals surface area contributed by atoms with Crippen LogP contribution in [0.2, 0.25) is 0 Å². The van der Waals surface area contributed by atoms with Gasteiger partial charge < -0.3 is 30.3 Å². The number of phosphoric acid groups is 1. The Morgan fingerprint density at radius 1 is 0.593 bits per heavy atom. The van der Waals surface area contributed by atoms with Crippen LogP contribution in [0.1, 0.15) is 149 Å². The number of carbonyl (C=O) groups excluding carboxylic acids is 2. The molecule has 336 valence electrons. The minimum Gasteiger partial charge on any atom is -0.480 e. The lowest BCUT2D eigenvalue weighted by Gasteiger charge is -2.20. The molecule has 13 heteroatoms. The molecule has 59 heavy (non-hydrogen) atoms. The second-order valence-electron chi connectivity index (χ2n) is 14.3. The Kier molecular flexibility index (Phi) is 37.8. The van der Waals surface area contributed by atoms with Crippen LogP contribution in [0.5, 0.6) is 0 Å². The van der Waals surface area contributed by atoms with Crippen LogP contribution in [-0.4, -0.2) is 71.1 Å². The van der Waals surface area contributed by atoms with Crippen LogP contribution >= 0.6 is 7.82 Å². The molecule has 0 radical (unpaired) electrons. The number of unbranched alkanes of at least 4 members (excludes halogenated alkanes) is 9. The number of aliphatic hydroxyl groups excluding tert-OH is 1. The molecule has 0 aliphatic rings. The van der Waals surface area contributed by atoms with Crippen LogP contribution in [0, 0.1) is 0 Å². The van der Waals surface area contributed by atoms with E-state index in [2.05, 4.69) is 79.1 Å². The minimum atomic E-state index is -4.75. The normalized spacial score (nSPS) is 15.1. The third-order valence-corrected chi connectivity index (χ3v) is 9.64. The molecule has 0 aromatic heterocycles. The number of carbonyl (C=O) groups is 3. The maximum Gasteiger partial charge on any atom is 0.472 e. The van der Waals surface area contributed by atoms with Crippen molar-refractivity contribution in [1.82, 2.24) is 0 Å². The van der Waals surface area contributed by atoms with Crippen molar-refractivity contribution in [3.05, 3.63) is 85.1 Å². The fraction of sp³-hybridized carbons (Fsp3) is 0.630. The molecular formula is C46H76NO11P. The number of aliphatic hydroxyl groups is 1. The number of nitrogens with two attached hydrogens (primary N) is 1. The first kappa shape index (κ1) is 55.6. The first-order chi connectivity index (χ1) is 28.5. The Bertz CT molecular complexity index is 1340. The smallest absolute Gasteiger partial charge is 0.472 e. The summed E-state index contributed by atoms with van der Waals surface area (Å²) in [6, 6.07) is -1.54. The summed E-state index contributed by atoms with van der Waals surface area (Å²) in [4.78, 5) is 45.9.